The van der Waals surface area contributed by atoms with Crippen molar-refractivity contribution in [2.24, 2.45) is 0 Å². The molecule has 0 radical (unpaired) electrons. The van der Waals surface area contributed by atoms with Gasteiger partial charge in [0.25, 0.3) is 0 Å². The van der Waals surface area contributed by atoms with Gasteiger partial charge in [-0.2, -0.15) is 0 Å². The second kappa shape index (κ2) is 2.77. The molecule has 1 aromatic rings. The maximum atomic E-state index is 12.0. The maximum Gasteiger partial charge on any atom is 0.519 e. The quantitative estimate of drug-likeness (QED) is 0.632. The van der Waals surface area contributed by atoms with Gasteiger partial charge in [-0.15, -0.1) is 11.3 Å². The minimum absolute atomic E-state index is 0.291. The highest BCUT2D eigenvalue weighted by Gasteiger charge is 2.27. The number of halogens is 3. The first-order valence-electron chi connectivity index (χ1n) is 2.87. The Bertz CT molecular complexity index is 244. The van der Waals surface area contributed by atoms with Crippen molar-refractivity contribution in [3.63, 3.8) is 0 Å². The van der Waals surface area contributed by atoms with E-state index in [1.54, 1.807) is 0 Å². The van der Waals surface area contributed by atoms with Crippen molar-refractivity contribution in [1.82, 2.24) is 0 Å². The summed E-state index contributed by atoms with van der Waals surface area (Å²) in [6.45, 7) is -4.85. The van der Waals surface area contributed by atoms with E-state index >= 15 is 0 Å². The zero-order valence-electron chi connectivity index (χ0n) is 5.68. The highest BCUT2D eigenvalue weighted by atomic mass is 32.1. The Kier molecular flexibility index (Phi) is 2.13. The maximum absolute atomic E-state index is 12.0. The summed E-state index contributed by atoms with van der Waals surface area (Å²) in [4.78, 5) is 0. The third-order valence-corrected chi connectivity index (χ3v) is 2.27. The SMILES string of the molecule is COc1ccc([B-](F)(F)F)s1. The molecule has 0 amide bonds. The van der Waals surface area contributed by atoms with Gasteiger partial charge in [-0.05, 0) is 6.07 Å². The normalized spacial score (nSPS) is 11.6. The van der Waals surface area contributed by atoms with Gasteiger partial charge in [0.15, 0.2) is 5.06 Å². The molecule has 0 aliphatic heterocycles. The van der Waals surface area contributed by atoms with E-state index in [0.29, 0.717) is 16.4 Å². The Labute approximate surface area is 65.9 Å². The molecule has 1 nitrogen and oxygen atoms in total. The van der Waals surface area contributed by atoms with E-state index in [9.17, 15) is 12.9 Å². The molecule has 0 aromatic carbocycles. The van der Waals surface area contributed by atoms with Gasteiger partial charge in [0.2, 0.25) is 0 Å². The lowest BCUT2D eigenvalue weighted by Crippen LogP contribution is -2.30. The van der Waals surface area contributed by atoms with E-state index < -0.39 is 11.8 Å². The summed E-state index contributed by atoms with van der Waals surface area (Å²) in [5, 5.41) is 0.291. The lowest BCUT2D eigenvalue weighted by molar-refractivity contribution is 0.427. The number of hydrogen-bond donors (Lipinski definition) is 0. The fourth-order valence-corrected chi connectivity index (χ4v) is 1.34. The largest absolute Gasteiger partial charge is 0.519 e. The molecule has 11 heavy (non-hydrogen) atoms. The van der Waals surface area contributed by atoms with Crippen molar-refractivity contribution in [2.75, 3.05) is 7.11 Å². The van der Waals surface area contributed by atoms with Gasteiger partial charge < -0.3 is 17.7 Å². The highest BCUT2D eigenvalue weighted by Crippen LogP contribution is 2.21. The molecule has 0 saturated heterocycles. The van der Waals surface area contributed by atoms with Gasteiger partial charge in [-0.25, -0.2) is 0 Å². The van der Waals surface area contributed by atoms with Gasteiger partial charge in [0, 0.05) is 0 Å². The first kappa shape index (κ1) is 8.45. The van der Waals surface area contributed by atoms with Crippen molar-refractivity contribution in [2.45, 2.75) is 0 Å². The van der Waals surface area contributed by atoms with Crippen LogP contribution in [0.1, 0.15) is 0 Å². The number of thiophene rings is 1. The summed E-state index contributed by atoms with van der Waals surface area (Å²) >= 11 is 0.620. The van der Waals surface area contributed by atoms with Crippen LogP contribution < -0.4 is 9.51 Å². The summed E-state index contributed by atoms with van der Waals surface area (Å²) in [5.41, 5.74) is 0. The van der Waals surface area contributed by atoms with E-state index in [0.717, 1.165) is 6.07 Å². The minimum atomic E-state index is -4.85. The van der Waals surface area contributed by atoms with Crippen LogP contribution in [-0.4, -0.2) is 14.1 Å². The van der Waals surface area contributed by atoms with Crippen LogP contribution in [-0.2, 0) is 0 Å². The average molecular weight is 181 g/mol. The molecule has 0 fully saturated rings. The summed E-state index contributed by atoms with van der Waals surface area (Å²) in [7, 11) is 1.35. The Hall–Kier alpha value is -0.645. The lowest BCUT2D eigenvalue weighted by Gasteiger charge is -2.09. The predicted octanol–water partition coefficient (Wildman–Crippen LogP) is 1.81. The number of ether oxygens (including phenoxy) is 1. The molecule has 1 aromatic heterocycles. The average Bonchev–Trinajstić information content (AvgIpc) is 2.32. The molecule has 6 heteroatoms. The van der Waals surface area contributed by atoms with E-state index in [2.05, 4.69) is 4.74 Å². The van der Waals surface area contributed by atoms with Gasteiger partial charge in [0.05, 0.1) is 7.11 Å². The van der Waals surface area contributed by atoms with Gasteiger partial charge in [-0.1, -0.05) is 10.8 Å². The monoisotopic (exact) mass is 181 g/mol. The van der Waals surface area contributed by atoms with Crippen LogP contribution in [0.5, 0.6) is 5.06 Å². The molecule has 0 aliphatic rings. The van der Waals surface area contributed by atoms with Crippen molar-refractivity contribution in [3.05, 3.63) is 12.1 Å². The van der Waals surface area contributed by atoms with Crippen LogP contribution in [0, 0.1) is 0 Å². The molecule has 0 atom stereocenters. The van der Waals surface area contributed by atoms with E-state index in [-0.39, 0.29) is 0 Å². The molecular formula is C5H5BF3OS-. The van der Waals surface area contributed by atoms with Gasteiger partial charge >= 0.3 is 6.98 Å². The summed E-state index contributed by atoms with van der Waals surface area (Å²) < 4.78 is 39.9. The zero-order valence-corrected chi connectivity index (χ0v) is 6.50. The third-order valence-electron chi connectivity index (χ3n) is 1.13. The second-order valence-corrected chi connectivity index (χ2v) is 3.01. The molecule has 0 saturated carbocycles. The number of methoxy groups -OCH3 is 1. The van der Waals surface area contributed by atoms with Gasteiger partial charge in [-0.3, -0.25) is 0 Å². The fraction of sp³-hybridized carbons (Fsp3) is 0.200. The lowest BCUT2D eigenvalue weighted by atomic mass is 9.90. The molecule has 0 N–H and O–H groups in total. The third kappa shape index (κ3) is 1.89. The minimum Gasteiger partial charge on any atom is -0.487 e. The predicted molar refractivity (Wildman–Crippen MR) is 39.6 cm³/mol. The number of hydrogen-bond acceptors (Lipinski definition) is 2. The summed E-state index contributed by atoms with van der Waals surface area (Å²) in [6.07, 6.45) is 0. The molecular weight excluding hydrogens is 176 g/mol. The van der Waals surface area contributed by atoms with Crippen molar-refractivity contribution in [3.8, 4) is 5.06 Å². The molecule has 1 heterocycles. The highest BCUT2D eigenvalue weighted by molar-refractivity contribution is 7.25. The topological polar surface area (TPSA) is 9.23 Å². The van der Waals surface area contributed by atoms with Crippen molar-refractivity contribution in [1.29, 1.82) is 0 Å². The molecule has 0 aliphatic carbocycles. The van der Waals surface area contributed by atoms with Crippen LogP contribution in [0.2, 0.25) is 0 Å². The van der Waals surface area contributed by atoms with E-state index in [1.807, 2.05) is 0 Å². The first-order valence-corrected chi connectivity index (χ1v) is 3.69. The molecule has 0 bridgehead atoms. The Morgan fingerprint density at radius 3 is 2.27 bits per heavy atom. The Balaban J connectivity index is 2.89. The number of rotatable bonds is 2. The van der Waals surface area contributed by atoms with Crippen molar-refractivity contribution >= 4 is 23.1 Å². The molecule has 1 rings (SSSR count). The van der Waals surface area contributed by atoms with Crippen LogP contribution >= 0.6 is 11.3 Å². The van der Waals surface area contributed by atoms with Crippen LogP contribution in [0.15, 0.2) is 12.1 Å². The molecule has 0 unspecified atom stereocenters. The summed E-state index contributed by atoms with van der Waals surface area (Å²) in [6, 6.07) is 2.35. The first-order chi connectivity index (χ1) is 5.04. The van der Waals surface area contributed by atoms with Crippen LogP contribution in [0.3, 0.4) is 0 Å². The fourth-order valence-electron chi connectivity index (χ4n) is 0.620. The Morgan fingerprint density at radius 1 is 1.36 bits per heavy atom. The smallest absolute Gasteiger partial charge is 0.487 e. The standard InChI is InChI=1S/C5H5BF3OS/c1-10-5-3-2-4(11-5)6(7,8)9/h2-3H,1H3/q-1. The zero-order chi connectivity index (χ0) is 8.48. The van der Waals surface area contributed by atoms with E-state index in [1.165, 1.54) is 13.2 Å². The van der Waals surface area contributed by atoms with Crippen LogP contribution in [0.4, 0.5) is 12.9 Å². The van der Waals surface area contributed by atoms with E-state index in [4.69, 9.17) is 0 Å². The van der Waals surface area contributed by atoms with Crippen LogP contribution in [0.25, 0.3) is 0 Å². The molecule has 62 valence electrons. The van der Waals surface area contributed by atoms with Gasteiger partial charge in [0.1, 0.15) is 0 Å². The second-order valence-electron chi connectivity index (χ2n) is 1.94. The van der Waals surface area contributed by atoms with Crippen molar-refractivity contribution < 1.29 is 17.7 Å². The summed E-state index contributed by atoms with van der Waals surface area (Å²) in [5.74, 6) is 0. The Morgan fingerprint density at radius 2 is 2.00 bits per heavy atom. The molecule has 0 spiro atoms.